The van der Waals surface area contributed by atoms with Gasteiger partial charge in [0.05, 0.1) is 18.9 Å². The van der Waals surface area contributed by atoms with Gasteiger partial charge in [-0.25, -0.2) is 9.18 Å². The van der Waals surface area contributed by atoms with Gasteiger partial charge in [0.2, 0.25) is 0 Å². The van der Waals surface area contributed by atoms with Crippen molar-refractivity contribution >= 4 is 16.9 Å². The van der Waals surface area contributed by atoms with Crippen LogP contribution in [-0.4, -0.2) is 16.5 Å². The average molecular weight is 387 g/mol. The molecule has 8 heteroatoms. The minimum Gasteiger partial charge on any atom is -0.494 e. The van der Waals surface area contributed by atoms with Crippen LogP contribution in [0.1, 0.15) is 47.7 Å². The molecule has 0 aromatic carbocycles. The van der Waals surface area contributed by atoms with Crippen LogP contribution in [0.15, 0.2) is 21.9 Å². The van der Waals surface area contributed by atoms with Gasteiger partial charge in [-0.1, -0.05) is 0 Å². The predicted molar refractivity (Wildman–Crippen MR) is 101 cm³/mol. The fourth-order valence-electron chi connectivity index (χ4n) is 3.93. The van der Waals surface area contributed by atoms with Gasteiger partial charge < -0.3 is 10.1 Å². The Morgan fingerprint density at radius 1 is 1.33 bits per heavy atom. The Morgan fingerprint density at radius 2 is 2.11 bits per heavy atom. The number of nitrogens with one attached hydrogen (secondary N) is 2. The molecule has 2 N–H and O–H groups in total. The molecule has 1 fully saturated rings. The lowest BCUT2D eigenvalue weighted by Gasteiger charge is -2.15. The van der Waals surface area contributed by atoms with E-state index < -0.39 is 17.1 Å². The largest absolute Gasteiger partial charge is 0.494 e. The molecule has 0 bridgehead atoms. The number of H-pyrrole nitrogens is 1. The number of aromatic amines is 1. The lowest BCUT2D eigenvalue weighted by atomic mass is 10.1. The van der Waals surface area contributed by atoms with Crippen molar-refractivity contribution in [1.82, 2.24) is 14.7 Å². The molecule has 6 nitrogen and oxygen atoms in total. The highest BCUT2D eigenvalue weighted by Crippen LogP contribution is 2.47. The van der Waals surface area contributed by atoms with Crippen LogP contribution in [0.2, 0.25) is 0 Å². The monoisotopic (exact) mass is 387 g/mol. The summed E-state index contributed by atoms with van der Waals surface area (Å²) >= 11 is 1.52. The number of halogens is 1. The Bertz CT molecular complexity index is 1210. The number of methoxy groups -OCH3 is 1. The molecule has 1 atom stereocenters. The van der Waals surface area contributed by atoms with Crippen LogP contribution in [0.5, 0.6) is 5.75 Å². The maximum Gasteiger partial charge on any atom is 0.333 e. The molecule has 0 amide bonds. The van der Waals surface area contributed by atoms with Crippen LogP contribution < -0.4 is 21.3 Å². The first-order chi connectivity index (χ1) is 13.0. The van der Waals surface area contributed by atoms with E-state index >= 15 is 4.39 Å². The second-order valence-electron chi connectivity index (χ2n) is 7.15. The normalized spacial score (nSPS) is 18.9. The zero-order chi connectivity index (χ0) is 18.9. The van der Waals surface area contributed by atoms with Crippen molar-refractivity contribution in [3.05, 3.63) is 54.9 Å². The van der Waals surface area contributed by atoms with Crippen molar-refractivity contribution in [2.45, 2.75) is 38.3 Å². The maximum atomic E-state index is 15.1. The third-order valence-electron chi connectivity index (χ3n) is 5.37. The Balaban J connectivity index is 1.87. The molecular formula is C19H18FN3O3S. The van der Waals surface area contributed by atoms with Crippen molar-refractivity contribution in [2.75, 3.05) is 7.11 Å². The molecular weight excluding hydrogens is 369 g/mol. The summed E-state index contributed by atoms with van der Waals surface area (Å²) in [4.78, 5) is 29.0. The van der Waals surface area contributed by atoms with Crippen LogP contribution in [0.25, 0.3) is 16.0 Å². The maximum absolute atomic E-state index is 15.1. The third kappa shape index (κ3) is 2.40. The first kappa shape index (κ1) is 16.7. The number of thiophene rings is 1. The number of hydrogen-bond donors (Lipinski definition) is 2. The molecule has 5 rings (SSSR count). The number of rotatable bonds is 3. The van der Waals surface area contributed by atoms with Gasteiger partial charge in [-0.2, -0.15) is 0 Å². The van der Waals surface area contributed by atoms with Gasteiger partial charge in [0.25, 0.3) is 5.56 Å². The highest BCUT2D eigenvalue weighted by molar-refractivity contribution is 7.15. The molecule has 1 unspecified atom stereocenters. The van der Waals surface area contributed by atoms with Crippen LogP contribution >= 0.6 is 11.3 Å². The molecule has 3 aromatic heterocycles. The molecule has 27 heavy (non-hydrogen) atoms. The van der Waals surface area contributed by atoms with E-state index in [1.807, 2.05) is 6.07 Å². The summed E-state index contributed by atoms with van der Waals surface area (Å²) in [6.45, 7) is 2.82. The van der Waals surface area contributed by atoms with Gasteiger partial charge in [-0.15, -0.1) is 11.3 Å². The standard InChI is InChI=1S/C19H18FN3O3S/c1-8-17-10(6-21-8)5-12(27-17)14-11(20)7-23-15(16(14)26-2)13(9-3-4-9)18(24)22-19(23)25/h5,7-9,21H,3-4,6H2,1-2H3,(H,22,24,25). The Kier molecular flexibility index (Phi) is 3.57. The molecule has 1 aliphatic heterocycles. The van der Waals surface area contributed by atoms with E-state index in [1.165, 1.54) is 23.3 Å². The summed E-state index contributed by atoms with van der Waals surface area (Å²) in [5, 5.41) is 3.36. The summed E-state index contributed by atoms with van der Waals surface area (Å²) in [6, 6.07) is 2.19. The lowest BCUT2D eigenvalue weighted by Crippen LogP contribution is -2.29. The molecule has 4 heterocycles. The Hall–Kier alpha value is -2.45. The van der Waals surface area contributed by atoms with Gasteiger partial charge in [-0.3, -0.25) is 14.2 Å². The van der Waals surface area contributed by atoms with E-state index in [4.69, 9.17) is 4.74 Å². The number of hydrogen-bond acceptors (Lipinski definition) is 5. The van der Waals surface area contributed by atoms with Crippen LogP contribution in [0.3, 0.4) is 0 Å². The summed E-state index contributed by atoms with van der Waals surface area (Å²) in [6.07, 6.45) is 2.91. The molecule has 0 radical (unpaired) electrons. The van der Waals surface area contributed by atoms with Crippen molar-refractivity contribution in [2.24, 2.45) is 0 Å². The first-order valence-electron chi connectivity index (χ1n) is 8.91. The second-order valence-corrected chi connectivity index (χ2v) is 8.24. The molecule has 3 aromatic rings. The van der Waals surface area contributed by atoms with Gasteiger partial charge >= 0.3 is 5.69 Å². The quantitative estimate of drug-likeness (QED) is 0.725. The van der Waals surface area contributed by atoms with Crippen molar-refractivity contribution in [3.63, 3.8) is 0 Å². The van der Waals surface area contributed by atoms with E-state index in [0.29, 0.717) is 16.6 Å². The Labute approximate surface area is 157 Å². The predicted octanol–water partition coefficient (Wildman–Crippen LogP) is 2.91. The number of nitrogens with zero attached hydrogens (tertiary/aromatic N) is 1. The summed E-state index contributed by atoms with van der Waals surface area (Å²) in [7, 11) is 1.45. The SMILES string of the molecule is COc1c(-c2cc3c(s2)C(C)NC3)c(F)cn2c(=O)[nH]c(=O)c(C3CC3)c12. The summed E-state index contributed by atoms with van der Waals surface area (Å²) < 4.78 is 21.9. The molecule has 140 valence electrons. The fraction of sp³-hybridized carbons (Fsp3) is 0.368. The van der Waals surface area contributed by atoms with Crippen LogP contribution in [0.4, 0.5) is 4.39 Å². The second kappa shape index (κ2) is 5.77. The number of pyridine rings is 1. The zero-order valence-corrected chi connectivity index (χ0v) is 15.7. The number of ether oxygens (including phenoxy) is 1. The lowest BCUT2D eigenvalue weighted by molar-refractivity contribution is 0.415. The fourth-order valence-corrected chi connectivity index (χ4v) is 5.18. The highest BCUT2D eigenvalue weighted by Gasteiger charge is 2.33. The molecule has 1 saturated carbocycles. The van der Waals surface area contributed by atoms with Gasteiger partial charge in [0.15, 0.2) is 11.6 Å². The van der Waals surface area contributed by atoms with Gasteiger partial charge in [-0.05, 0) is 37.3 Å². The van der Waals surface area contributed by atoms with E-state index in [-0.39, 0.29) is 17.7 Å². The van der Waals surface area contributed by atoms with Crippen molar-refractivity contribution in [1.29, 1.82) is 0 Å². The van der Waals surface area contributed by atoms with Crippen LogP contribution in [0, 0.1) is 5.82 Å². The minimum absolute atomic E-state index is 0.0779. The van der Waals surface area contributed by atoms with Crippen LogP contribution in [-0.2, 0) is 6.54 Å². The van der Waals surface area contributed by atoms with E-state index in [2.05, 4.69) is 17.2 Å². The Morgan fingerprint density at radius 3 is 2.78 bits per heavy atom. The topological polar surface area (TPSA) is 75.6 Å². The minimum atomic E-state index is -0.658. The molecule has 0 saturated heterocycles. The summed E-state index contributed by atoms with van der Waals surface area (Å²) in [5.74, 6) is -0.217. The third-order valence-corrected chi connectivity index (χ3v) is 6.75. The molecule has 1 aliphatic carbocycles. The van der Waals surface area contributed by atoms with E-state index in [1.54, 1.807) is 0 Å². The average Bonchev–Trinajstić information content (AvgIpc) is 3.28. The molecule has 2 aliphatic rings. The highest BCUT2D eigenvalue weighted by atomic mass is 32.1. The number of aromatic nitrogens is 2. The van der Waals surface area contributed by atoms with Gasteiger partial charge in [0.1, 0.15) is 5.52 Å². The van der Waals surface area contributed by atoms with E-state index in [9.17, 15) is 9.59 Å². The van der Waals surface area contributed by atoms with Gasteiger partial charge in [0, 0.05) is 27.9 Å². The van der Waals surface area contributed by atoms with Crippen molar-refractivity contribution < 1.29 is 9.13 Å². The van der Waals surface area contributed by atoms with E-state index in [0.717, 1.165) is 40.4 Å². The summed E-state index contributed by atoms with van der Waals surface area (Å²) in [5.41, 5.74) is 1.28. The zero-order valence-electron chi connectivity index (χ0n) is 14.9. The van der Waals surface area contributed by atoms with Crippen molar-refractivity contribution in [3.8, 4) is 16.2 Å². The molecule has 0 spiro atoms. The first-order valence-corrected chi connectivity index (χ1v) is 9.72. The number of fused-ring (bicyclic) bond motifs is 2. The smallest absolute Gasteiger partial charge is 0.333 e.